The zero-order chi connectivity index (χ0) is 25.0. The Morgan fingerprint density at radius 3 is 2.62 bits per heavy atom. The summed E-state index contributed by atoms with van der Waals surface area (Å²) in [5, 5.41) is 9.26. The number of carbonyl (C=O) groups is 3. The van der Waals surface area contributed by atoms with E-state index in [-0.39, 0.29) is 30.2 Å². The highest BCUT2D eigenvalue weighted by Crippen LogP contribution is 2.31. The van der Waals surface area contributed by atoms with E-state index in [1.165, 1.54) is 4.90 Å². The van der Waals surface area contributed by atoms with Gasteiger partial charge in [-0.2, -0.15) is 0 Å². The van der Waals surface area contributed by atoms with Gasteiger partial charge in [-0.3, -0.25) is 19.3 Å². The summed E-state index contributed by atoms with van der Waals surface area (Å²) in [6.45, 7) is 7.68. The minimum Gasteiger partial charge on any atom is -0.350 e. The molecule has 3 rings (SSSR count). The molecule has 0 aliphatic carbocycles. The second-order valence-electron chi connectivity index (χ2n) is 8.94. The second kappa shape index (κ2) is 11.0. The van der Waals surface area contributed by atoms with Crippen molar-refractivity contribution < 1.29 is 14.4 Å². The van der Waals surface area contributed by atoms with Crippen molar-refractivity contribution in [3.8, 4) is 0 Å². The summed E-state index contributed by atoms with van der Waals surface area (Å²) in [4.78, 5) is 45.4. The van der Waals surface area contributed by atoms with Crippen molar-refractivity contribution in [1.29, 1.82) is 0 Å². The van der Waals surface area contributed by atoms with Crippen molar-refractivity contribution in [3.63, 3.8) is 0 Å². The molecule has 0 bridgehead atoms. The van der Waals surface area contributed by atoms with Crippen molar-refractivity contribution >= 4 is 35.1 Å². The van der Waals surface area contributed by atoms with Gasteiger partial charge in [-0.1, -0.05) is 37.6 Å². The normalized spacial score (nSPS) is 16.7. The number of anilines is 1. The Labute approximate surface area is 205 Å². The molecular formula is C25H32ClN5O3. The Hall–Kier alpha value is -2.97. The van der Waals surface area contributed by atoms with Crippen molar-refractivity contribution in [2.45, 2.75) is 58.8 Å². The first-order valence-corrected chi connectivity index (χ1v) is 11.8. The molecule has 34 heavy (non-hydrogen) atoms. The highest BCUT2D eigenvalue weighted by molar-refractivity contribution is 6.30. The quantitative estimate of drug-likeness (QED) is 0.532. The number of likely N-dealkylation sites (N-methyl/N-ethyl adjacent to an activating group) is 1. The fourth-order valence-corrected chi connectivity index (χ4v) is 4.12. The predicted molar refractivity (Wildman–Crippen MR) is 133 cm³/mol. The number of carbonyl (C=O) groups excluding carboxylic acids is 3. The summed E-state index contributed by atoms with van der Waals surface area (Å²) >= 11 is 6.11. The fraction of sp³-hybridized carbons (Fsp3) is 0.440. The minimum absolute atomic E-state index is 0.189. The van der Waals surface area contributed by atoms with Crippen LogP contribution in [0.4, 0.5) is 5.82 Å². The smallest absolute Gasteiger partial charge is 0.251 e. The molecule has 0 fully saturated rings. The van der Waals surface area contributed by atoms with E-state index < -0.39 is 18.1 Å². The summed E-state index contributed by atoms with van der Waals surface area (Å²) in [5.41, 5.74) is 2.73. The molecule has 2 aromatic rings. The number of nitrogens with one attached hydrogen (secondary N) is 3. The number of rotatable bonds is 8. The molecule has 0 radical (unpaired) electrons. The zero-order valence-electron chi connectivity index (χ0n) is 20.2. The van der Waals surface area contributed by atoms with E-state index >= 15 is 0 Å². The van der Waals surface area contributed by atoms with Gasteiger partial charge >= 0.3 is 0 Å². The second-order valence-corrected chi connectivity index (χ2v) is 9.38. The van der Waals surface area contributed by atoms with E-state index in [1.54, 1.807) is 32.3 Å². The average molecular weight is 486 g/mol. The molecule has 182 valence electrons. The molecule has 3 amide bonds. The van der Waals surface area contributed by atoms with E-state index in [9.17, 15) is 14.4 Å². The lowest BCUT2D eigenvalue weighted by atomic mass is 10.0. The number of hydrogen-bond donors (Lipinski definition) is 3. The van der Waals surface area contributed by atoms with Crippen LogP contribution in [0.25, 0.3) is 0 Å². The van der Waals surface area contributed by atoms with Gasteiger partial charge in [-0.05, 0) is 61.7 Å². The Morgan fingerprint density at radius 1 is 1.21 bits per heavy atom. The molecule has 1 aliphatic heterocycles. The van der Waals surface area contributed by atoms with E-state index in [0.717, 1.165) is 16.7 Å². The van der Waals surface area contributed by atoms with Crippen LogP contribution in [0.3, 0.4) is 0 Å². The Bertz CT molecular complexity index is 1070. The van der Waals surface area contributed by atoms with Gasteiger partial charge in [0, 0.05) is 24.2 Å². The van der Waals surface area contributed by atoms with Crippen LogP contribution < -0.4 is 20.9 Å². The van der Waals surface area contributed by atoms with Crippen LogP contribution in [0.5, 0.6) is 0 Å². The third-order valence-corrected chi connectivity index (χ3v) is 6.42. The lowest BCUT2D eigenvalue weighted by Gasteiger charge is -2.31. The topological polar surface area (TPSA) is 103 Å². The fourth-order valence-electron chi connectivity index (χ4n) is 3.93. The van der Waals surface area contributed by atoms with E-state index in [2.05, 4.69) is 20.9 Å². The van der Waals surface area contributed by atoms with Gasteiger partial charge in [-0.25, -0.2) is 4.98 Å². The highest BCUT2D eigenvalue weighted by Gasteiger charge is 2.42. The Kier molecular flexibility index (Phi) is 8.28. The number of aryl methyl sites for hydroxylation is 1. The molecule has 2 heterocycles. The van der Waals surface area contributed by atoms with Gasteiger partial charge in [0.05, 0.1) is 6.04 Å². The Balaban J connectivity index is 1.85. The van der Waals surface area contributed by atoms with E-state index in [1.807, 2.05) is 39.0 Å². The van der Waals surface area contributed by atoms with Crippen molar-refractivity contribution in [3.05, 3.63) is 58.2 Å². The highest BCUT2D eigenvalue weighted by atomic mass is 35.5. The SMILES string of the molecule is CNC(C)C(=O)NC(C(=O)N1c2ncccc2CC1C(=O)NCc1cc(Cl)ccc1C)C(C)C. The molecular weight excluding hydrogens is 454 g/mol. The number of fused-ring (bicyclic) bond motifs is 1. The third kappa shape index (κ3) is 5.56. The van der Waals surface area contributed by atoms with Gasteiger partial charge in [0.15, 0.2) is 0 Å². The molecule has 0 saturated carbocycles. The van der Waals surface area contributed by atoms with Crippen LogP contribution in [-0.2, 0) is 27.3 Å². The maximum Gasteiger partial charge on any atom is 0.251 e. The summed E-state index contributed by atoms with van der Waals surface area (Å²) in [7, 11) is 1.68. The van der Waals surface area contributed by atoms with Crippen LogP contribution in [0.2, 0.25) is 5.02 Å². The summed E-state index contributed by atoms with van der Waals surface area (Å²) < 4.78 is 0. The van der Waals surface area contributed by atoms with Gasteiger partial charge in [0.1, 0.15) is 17.9 Å². The zero-order valence-corrected chi connectivity index (χ0v) is 20.9. The van der Waals surface area contributed by atoms with Crippen molar-refractivity contribution in [1.82, 2.24) is 20.9 Å². The number of amides is 3. The summed E-state index contributed by atoms with van der Waals surface area (Å²) in [6.07, 6.45) is 1.95. The van der Waals surface area contributed by atoms with Crippen LogP contribution in [0.15, 0.2) is 36.5 Å². The molecule has 0 spiro atoms. The van der Waals surface area contributed by atoms with Gasteiger partial charge in [0.25, 0.3) is 5.91 Å². The lowest BCUT2D eigenvalue weighted by molar-refractivity contribution is -0.131. The largest absolute Gasteiger partial charge is 0.350 e. The van der Waals surface area contributed by atoms with Crippen molar-refractivity contribution in [2.75, 3.05) is 11.9 Å². The van der Waals surface area contributed by atoms with E-state index in [4.69, 9.17) is 11.6 Å². The predicted octanol–water partition coefficient (Wildman–Crippen LogP) is 2.37. The third-order valence-electron chi connectivity index (χ3n) is 6.18. The number of hydrogen-bond acceptors (Lipinski definition) is 5. The maximum atomic E-state index is 13.7. The molecule has 0 saturated heterocycles. The number of pyridine rings is 1. The summed E-state index contributed by atoms with van der Waals surface area (Å²) in [6, 6.07) is 7.14. The molecule has 3 unspecified atom stereocenters. The average Bonchev–Trinajstić information content (AvgIpc) is 3.21. The molecule has 3 atom stereocenters. The summed E-state index contributed by atoms with van der Waals surface area (Å²) in [5.74, 6) is -0.669. The first kappa shape index (κ1) is 25.6. The first-order chi connectivity index (χ1) is 16.1. The van der Waals surface area contributed by atoms with Gasteiger partial charge in [0.2, 0.25) is 11.8 Å². The lowest BCUT2D eigenvalue weighted by Crippen LogP contribution is -2.58. The Morgan fingerprint density at radius 2 is 1.94 bits per heavy atom. The van der Waals surface area contributed by atoms with Crippen LogP contribution in [0, 0.1) is 12.8 Å². The van der Waals surface area contributed by atoms with E-state index in [0.29, 0.717) is 17.3 Å². The van der Waals surface area contributed by atoms with Crippen molar-refractivity contribution in [2.24, 2.45) is 5.92 Å². The van der Waals surface area contributed by atoms with Crippen LogP contribution in [0.1, 0.15) is 37.5 Å². The first-order valence-electron chi connectivity index (χ1n) is 11.4. The molecule has 1 aromatic heterocycles. The van der Waals surface area contributed by atoms with Gasteiger partial charge in [-0.15, -0.1) is 0 Å². The number of benzene rings is 1. The monoisotopic (exact) mass is 485 g/mol. The van der Waals surface area contributed by atoms with Crippen LogP contribution >= 0.6 is 11.6 Å². The van der Waals surface area contributed by atoms with Crippen LogP contribution in [-0.4, -0.2) is 47.9 Å². The number of nitrogens with zero attached hydrogens (tertiary/aromatic N) is 2. The molecule has 1 aliphatic rings. The minimum atomic E-state index is -0.804. The molecule has 3 N–H and O–H groups in total. The standard InChI is InChI=1S/C25H32ClN5O3/c1-14(2)21(30-23(32)16(4)27-5)25(34)31-20(12-17-7-6-10-28-22(17)31)24(33)29-13-18-11-19(26)9-8-15(18)3/h6-11,14,16,20-21,27H,12-13H2,1-5H3,(H,29,33)(H,30,32). The van der Waals surface area contributed by atoms with Gasteiger partial charge < -0.3 is 16.0 Å². The maximum absolute atomic E-state index is 13.7. The molecule has 9 heteroatoms. The molecule has 8 nitrogen and oxygen atoms in total. The number of aromatic nitrogens is 1. The number of halogens is 1. The molecule has 1 aromatic carbocycles.